The van der Waals surface area contributed by atoms with Gasteiger partial charge in [0.2, 0.25) is 5.91 Å². The Labute approximate surface area is 185 Å². The van der Waals surface area contributed by atoms with Crippen LogP contribution >= 0.6 is 0 Å². The first-order chi connectivity index (χ1) is 15.6. The first kappa shape index (κ1) is 23.2. The zero-order valence-electron chi connectivity index (χ0n) is 16.8. The molecular formula is C23H16F3N3O4. The number of nitrogens with one attached hydrogen (secondary N) is 2. The maximum absolute atomic E-state index is 12.8. The lowest BCUT2D eigenvalue weighted by Gasteiger charge is -2.10. The first-order valence-corrected chi connectivity index (χ1v) is 9.44. The van der Waals surface area contributed by atoms with Gasteiger partial charge in [0, 0.05) is 35.1 Å². The molecule has 0 atom stereocenters. The Kier molecular flexibility index (Phi) is 6.87. The van der Waals surface area contributed by atoms with Gasteiger partial charge in [0.1, 0.15) is 0 Å². The average molecular weight is 455 g/mol. The first-order valence-electron chi connectivity index (χ1n) is 9.44. The zero-order valence-corrected chi connectivity index (χ0v) is 16.8. The van der Waals surface area contributed by atoms with E-state index in [9.17, 15) is 32.9 Å². The van der Waals surface area contributed by atoms with Crippen molar-refractivity contribution in [3.05, 3.63) is 106 Å². The summed E-state index contributed by atoms with van der Waals surface area (Å²) in [4.78, 5) is 34.6. The molecule has 3 aromatic carbocycles. The molecule has 0 unspecified atom stereocenters. The molecule has 0 aromatic heterocycles. The number of carbonyl (C=O) groups excluding carboxylic acids is 2. The second-order valence-corrected chi connectivity index (χ2v) is 6.78. The highest BCUT2D eigenvalue weighted by molar-refractivity contribution is 6.05. The van der Waals surface area contributed by atoms with Gasteiger partial charge < -0.3 is 10.6 Å². The minimum Gasteiger partial charge on any atom is -0.323 e. The molecule has 0 spiro atoms. The summed E-state index contributed by atoms with van der Waals surface area (Å²) in [5, 5.41) is 15.8. The van der Waals surface area contributed by atoms with E-state index in [2.05, 4.69) is 10.6 Å². The van der Waals surface area contributed by atoms with Crippen molar-refractivity contribution < 1.29 is 27.7 Å². The Hall–Kier alpha value is -4.47. The Morgan fingerprint density at radius 3 is 2.24 bits per heavy atom. The molecule has 0 heterocycles. The van der Waals surface area contributed by atoms with Crippen LogP contribution in [0.2, 0.25) is 0 Å². The predicted octanol–water partition coefficient (Wildman–Crippen LogP) is 5.52. The van der Waals surface area contributed by atoms with Crippen LogP contribution in [0.3, 0.4) is 0 Å². The van der Waals surface area contributed by atoms with Crippen molar-refractivity contribution in [3.63, 3.8) is 0 Å². The zero-order chi connectivity index (χ0) is 24.0. The van der Waals surface area contributed by atoms with Crippen molar-refractivity contribution in [2.45, 2.75) is 6.18 Å². The van der Waals surface area contributed by atoms with Crippen LogP contribution in [0.4, 0.5) is 30.2 Å². The van der Waals surface area contributed by atoms with Crippen molar-refractivity contribution in [1.82, 2.24) is 0 Å². The third-order valence-corrected chi connectivity index (χ3v) is 4.37. The van der Waals surface area contributed by atoms with Crippen LogP contribution in [0, 0.1) is 10.1 Å². The maximum atomic E-state index is 12.8. The average Bonchev–Trinajstić information content (AvgIpc) is 2.78. The van der Waals surface area contributed by atoms with E-state index in [4.69, 9.17) is 0 Å². The molecule has 3 aromatic rings. The summed E-state index contributed by atoms with van der Waals surface area (Å²) < 4.78 is 38.4. The molecule has 0 saturated heterocycles. The van der Waals surface area contributed by atoms with Gasteiger partial charge in [-0.15, -0.1) is 0 Å². The van der Waals surface area contributed by atoms with Crippen molar-refractivity contribution in [2.24, 2.45) is 0 Å². The van der Waals surface area contributed by atoms with E-state index in [0.717, 1.165) is 12.1 Å². The quantitative estimate of drug-likeness (QED) is 0.290. The molecule has 33 heavy (non-hydrogen) atoms. The second-order valence-electron chi connectivity index (χ2n) is 6.78. The molecular weight excluding hydrogens is 439 g/mol. The fourth-order valence-electron chi connectivity index (χ4n) is 2.78. The van der Waals surface area contributed by atoms with Gasteiger partial charge in [-0.05, 0) is 54.1 Å². The molecule has 0 fully saturated rings. The standard InChI is InChI=1S/C23H16F3N3O4/c24-23(25,26)17-4-2-5-19(14-17)28-22(31)16-8-10-18(11-9-16)27-21(30)12-7-15-3-1-6-20(13-15)29(32)33/h1-14H,(H,27,30)(H,28,31)/b12-7+. The number of nitro benzene ring substituents is 1. The molecule has 0 aliphatic carbocycles. The van der Waals surface area contributed by atoms with Gasteiger partial charge in [0.15, 0.2) is 0 Å². The maximum Gasteiger partial charge on any atom is 0.416 e. The summed E-state index contributed by atoms with van der Waals surface area (Å²) in [5.74, 6) is -1.11. The van der Waals surface area contributed by atoms with Gasteiger partial charge in [0.25, 0.3) is 11.6 Å². The van der Waals surface area contributed by atoms with Crippen LogP contribution in [0.25, 0.3) is 6.08 Å². The summed E-state index contributed by atoms with van der Waals surface area (Å²) in [5.41, 5.74) is 0.0457. The monoisotopic (exact) mass is 455 g/mol. The highest BCUT2D eigenvalue weighted by Gasteiger charge is 2.30. The smallest absolute Gasteiger partial charge is 0.323 e. The number of halogens is 3. The number of non-ortho nitro benzene ring substituents is 1. The molecule has 0 radical (unpaired) electrons. The number of alkyl halides is 3. The summed E-state index contributed by atoms with van der Waals surface area (Å²) in [7, 11) is 0. The minimum atomic E-state index is -4.52. The van der Waals surface area contributed by atoms with Crippen LogP contribution in [0.15, 0.2) is 78.9 Å². The van der Waals surface area contributed by atoms with Crippen molar-refractivity contribution in [2.75, 3.05) is 10.6 Å². The van der Waals surface area contributed by atoms with E-state index in [-0.39, 0.29) is 16.9 Å². The summed E-state index contributed by atoms with van der Waals surface area (Å²) in [6.07, 6.45) is -1.91. The normalized spacial score (nSPS) is 11.2. The van der Waals surface area contributed by atoms with Gasteiger partial charge in [-0.3, -0.25) is 19.7 Å². The number of carbonyl (C=O) groups is 2. The molecule has 0 aliphatic rings. The number of rotatable bonds is 6. The van der Waals surface area contributed by atoms with E-state index >= 15 is 0 Å². The van der Waals surface area contributed by atoms with E-state index in [0.29, 0.717) is 11.3 Å². The number of hydrogen-bond donors (Lipinski definition) is 2. The number of anilines is 2. The molecule has 7 nitrogen and oxygen atoms in total. The Bertz CT molecular complexity index is 1220. The van der Waals surface area contributed by atoms with Gasteiger partial charge >= 0.3 is 6.18 Å². The van der Waals surface area contributed by atoms with Crippen molar-refractivity contribution in [1.29, 1.82) is 0 Å². The van der Waals surface area contributed by atoms with Gasteiger partial charge in [-0.1, -0.05) is 18.2 Å². The summed E-state index contributed by atoms with van der Waals surface area (Å²) in [6, 6.07) is 15.8. The fourth-order valence-corrected chi connectivity index (χ4v) is 2.78. The molecule has 2 amide bonds. The second kappa shape index (κ2) is 9.77. The van der Waals surface area contributed by atoms with Crippen molar-refractivity contribution >= 4 is 35.0 Å². The van der Waals surface area contributed by atoms with E-state index in [1.807, 2.05) is 0 Å². The number of amides is 2. The third kappa shape index (κ3) is 6.50. The third-order valence-electron chi connectivity index (χ3n) is 4.37. The molecule has 0 bridgehead atoms. The lowest BCUT2D eigenvalue weighted by Crippen LogP contribution is -2.13. The highest BCUT2D eigenvalue weighted by Crippen LogP contribution is 2.30. The molecule has 168 valence electrons. The van der Waals surface area contributed by atoms with Crippen LogP contribution < -0.4 is 10.6 Å². The van der Waals surface area contributed by atoms with Gasteiger partial charge in [-0.2, -0.15) is 13.2 Å². The number of benzene rings is 3. The summed E-state index contributed by atoms with van der Waals surface area (Å²) in [6.45, 7) is 0. The lowest BCUT2D eigenvalue weighted by atomic mass is 10.1. The number of hydrogen-bond acceptors (Lipinski definition) is 4. The van der Waals surface area contributed by atoms with Crippen LogP contribution in [-0.4, -0.2) is 16.7 Å². The SMILES string of the molecule is O=C(/C=C/c1cccc([N+](=O)[O-])c1)Nc1ccc(C(=O)Nc2cccc(C(F)(F)F)c2)cc1. The molecule has 0 saturated carbocycles. The molecule has 3 rings (SSSR count). The Morgan fingerprint density at radius 2 is 1.58 bits per heavy atom. The fraction of sp³-hybridized carbons (Fsp3) is 0.0435. The lowest BCUT2D eigenvalue weighted by molar-refractivity contribution is -0.384. The van der Waals surface area contributed by atoms with Gasteiger partial charge in [-0.25, -0.2) is 0 Å². The molecule has 0 aliphatic heterocycles. The van der Waals surface area contributed by atoms with E-state index in [1.54, 1.807) is 6.07 Å². The van der Waals surface area contributed by atoms with Crippen LogP contribution in [0.5, 0.6) is 0 Å². The predicted molar refractivity (Wildman–Crippen MR) is 117 cm³/mol. The largest absolute Gasteiger partial charge is 0.416 e. The molecule has 10 heteroatoms. The van der Waals surface area contributed by atoms with Crippen LogP contribution in [-0.2, 0) is 11.0 Å². The highest BCUT2D eigenvalue weighted by atomic mass is 19.4. The van der Waals surface area contributed by atoms with E-state index in [1.165, 1.54) is 66.7 Å². The van der Waals surface area contributed by atoms with Crippen molar-refractivity contribution in [3.8, 4) is 0 Å². The minimum absolute atomic E-state index is 0.00140. The van der Waals surface area contributed by atoms with Crippen LogP contribution in [0.1, 0.15) is 21.5 Å². The number of nitrogens with zero attached hydrogens (tertiary/aromatic N) is 1. The van der Waals surface area contributed by atoms with Gasteiger partial charge in [0.05, 0.1) is 10.5 Å². The Balaban J connectivity index is 1.61. The molecule has 2 N–H and O–H groups in total. The Morgan fingerprint density at radius 1 is 0.879 bits per heavy atom. The number of nitro groups is 1. The summed E-state index contributed by atoms with van der Waals surface area (Å²) >= 11 is 0. The van der Waals surface area contributed by atoms with E-state index < -0.39 is 28.5 Å². The topological polar surface area (TPSA) is 101 Å².